The summed E-state index contributed by atoms with van der Waals surface area (Å²) in [7, 11) is 0. The zero-order valence-corrected chi connectivity index (χ0v) is 14.9. The van der Waals surface area contributed by atoms with E-state index < -0.39 is 0 Å². The third-order valence-corrected chi connectivity index (χ3v) is 3.46. The number of unbranched alkanes of at least 4 members (excludes halogenated alkanes) is 8. The van der Waals surface area contributed by atoms with E-state index in [0.29, 0.717) is 6.42 Å². The first-order chi connectivity index (χ1) is 10.3. The van der Waals surface area contributed by atoms with Crippen LogP contribution in [0.2, 0.25) is 0 Å². The summed E-state index contributed by atoms with van der Waals surface area (Å²) in [5.41, 5.74) is 0. The van der Waals surface area contributed by atoms with E-state index in [4.69, 9.17) is 5.90 Å². The van der Waals surface area contributed by atoms with Crippen LogP contribution >= 0.6 is 12.4 Å². The molecule has 0 atom stereocenters. The van der Waals surface area contributed by atoms with Crippen molar-refractivity contribution in [2.24, 2.45) is 5.90 Å². The number of carbonyl (C=O) groups is 1. The van der Waals surface area contributed by atoms with Gasteiger partial charge >= 0.3 is 5.97 Å². The average Bonchev–Trinajstić information content (AvgIpc) is 2.50. The van der Waals surface area contributed by atoms with Gasteiger partial charge in [0.2, 0.25) is 0 Å². The number of hydrogen-bond acceptors (Lipinski definition) is 3. The molecule has 0 bridgehead atoms. The third-order valence-electron chi connectivity index (χ3n) is 3.46. The molecular formula is C18H34ClNO2. The molecule has 0 unspecified atom stereocenters. The summed E-state index contributed by atoms with van der Waals surface area (Å²) in [6, 6.07) is 0. The van der Waals surface area contributed by atoms with Crippen molar-refractivity contribution in [2.45, 2.75) is 84.0 Å². The van der Waals surface area contributed by atoms with Crippen molar-refractivity contribution in [3.8, 4) is 0 Å². The van der Waals surface area contributed by atoms with Gasteiger partial charge in [0.1, 0.15) is 0 Å². The smallest absolute Gasteiger partial charge is 0.324 e. The third kappa shape index (κ3) is 19.2. The first-order valence-corrected chi connectivity index (χ1v) is 8.50. The van der Waals surface area contributed by atoms with E-state index >= 15 is 0 Å². The van der Waals surface area contributed by atoms with Crippen LogP contribution in [0.3, 0.4) is 0 Å². The molecule has 0 aromatic rings. The highest BCUT2D eigenvalue weighted by Crippen LogP contribution is 2.08. The van der Waals surface area contributed by atoms with Crippen LogP contribution in [0.25, 0.3) is 0 Å². The lowest BCUT2D eigenvalue weighted by Crippen LogP contribution is -2.08. The van der Waals surface area contributed by atoms with Gasteiger partial charge in [0, 0.05) is 6.42 Å². The molecule has 0 aliphatic heterocycles. The van der Waals surface area contributed by atoms with Gasteiger partial charge in [-0.15, -0.1) is 12.4 Å². The minimum Gasteiger partial charge on any atom is -0.373 e. The summed E-state index contributed by atoms with van der Waals surface area (Å²) < 4.78 is 0. The van der Waals surface area contributed by atoms with Crippen molar-refractivity contribution in [1.82, 2.24) is 0 Å². The monoisotopic (exact) mass is 331 g/mol. The van der Waals surface area contributed by atoms with Gasteiger partial charge in [0.15, 0.2) is 0 Å². The largest absolute Gasteiger partial charge is 0.373 e. The Morgan fingerprint density at radius 3 is 2.00 bits per heavy atom. The van der Waals surface area contributed by atoms with E-state index in [-0.39, 0.29) is 18.4 Å². The standard InChI is InChI=1S/C18H33NO2.ClH/c1-2-3-4-5-6-7-8-9-10-11-12-13-14-15-16-17-18(20)21-19;/h6-7,9-10H,2-5,8,11-17,19H2,1H3;1H/b7-6-,10-9-;. The number of rotatable bonds is 14. The first kappa shape index (κ1) is 23.5. The van der Waals surface area contributed by atoms with Gasteiger partial charge in [-0.1, -0.05) is 63.3 Å². The Bertz CT molecular complexity index is 291. The Balaban J connectivity index is 0. The van der Waals surface area contributed by atoms with Gasteiger partial charge in [-0.2, -0.15) is 5.90 Å². The molecule has 22 heavy (non-hydrogen) atoms. The maximum atomic E-state index is 10.8. The van der Waals surface area contributed by atoms with Crippen LogP contribution < -0.4 is 5.90 Å². The molecular weight excluding hydrogens is 298 g/mol. The second-order valence-corrected chi connectivity index (χ2v) is 5.47. The molecule has 0 spiro atoms. The predicted molar refractivity (Wildman–Crippen MR) is 96.9 cm³/mol. The molecule has 0 saturated heterocycles. The lowest BCUT2D eigenvalue weighted by Gasteiger charge is -1.99. The molecule has 0 heterocycles. The van der Waals surface area contributed by atoms with Crippen LogP contribution in [0.5, 0.6) is 0 Å². The summed E-state index contributed by atoms with van der Waals surface area (Å²) in [6.45, 7) is 2.24. The highest BCUT2D eigenvalue weighted by molar-refractivity contribution is 5.85. The molecule has 130 valence electrons. The summed E-state index contributed by atoms with van der Waals surface area (Å²) in [5.74, 6) is 4.47. The van der Waals surface area contributed by atoms with Crippen molar-refractivity contribution < 1.29 is 9.63 Å². The fourth-order valence-electron chi connectivity index (χ4n) is 2.14. The fourth-order valence-corrected chi connectivity index (χ4v) is 2.14. The SMILES string of the molecule is CCCCC/C=C\C/C=C\CCCCCCCC(=O)ON.Cl. The maximum absolute atomic E-state index is 10.8. The molecule has 2 N–H and O–H groups in total. The number of hydrogen-bond donors (Lipinski definition) is 1. The van der Waals surface area contributed by atoms with E-state index in [1.54, 1.807) is 0 Å². The van der Waals surface area contributed by atoms with Crippen LogP contribution in [-0.2, 0) is 9.63 Å². The number of halogens is 1. The molecule has 0 fully saturated rings. The van der Waals surface area contributed by atoms with Crippen LogP contribution in [0.4, 0.5) is 0 Å². The van der Waals surface area contributed by atoms with Crippen LogP contribution in [0.15, 0.2) is 24.3 Å². The van der Waals surface area contributed by atoms with E-state index in [0.717, 1.165) is 25.7 Å². The van der Waals surface area contributed by atoms with E-state index in [1.807, 2.05) is 0 Å². The summed E-state index contributed by atoms with van der Waals surface area (Å²) in [5, 5.41) is 0. The molecule has 0 aliphatic rings. The molecule has 0 aromatic carbocycles. The topological polar surface area (TPSA) is 52.3 Å². The summed E-state index contributed by atoms with van der Waals surface area (Å²) in [4.78, 5) is 14.9. The normalized spacial score (nSPS) is 11.0. The second kappa shape index (κ2) is 20.2. The Morgan fingerprint density at radius 1 is 0.864 bits per heavy atom. The quantitative estimate of drug-likeness (QED) is 0.254. The van der Waals surface area contributed by atoms with E-state index in [9.17, 15) is 4.79 Å². The highest BCUT2D eigenvalue weighted by Gasteiger charge is 1.99. The number of allylic oxidation sites excluding steroid dienone is 4. The van der Waals surface area contributed by atoms with Gasteiger partial charge in [0.05, 0.1) is 0 Å². The van der Waals surface area contributed by atoms with E-state index in [2.05, 4.69) is 36.1 Å². The molecule has 0 radical (unpaired) electrons. The Morgan fingerprint density at radius 2 is 1.41 bits per heavy atom. The number of nitrogens with two attached hydrogens (primary N) is 1. The van der Waals surface area contributed by atoms with Gasteiger partial charge in [0.25, 0.3) is 0 Å². The highest BCUT2D eigenvalue weighted by atomic mass is 35.5. The van der Waals surface area contributed by atoms with Gasteiger partial charge in [-0.3, -0.25) is 4.79 Å². The molecule has 0 amide bonds. The molecule has 0 saturated carbocycles. The second-order valence-electron chi connectivity index (χ2n) is 5.47. The van der Waals surface area contributed by atoms with Crippen molar-refractivity contribution in [3.05, 3.63) is 24.3 Å². The van der Waals surface area contributed by atoms with Crippen LogP contribution in [-0.4, -0.2) is 5.97 Å². The van der Waals surface area contributed by atoms with Crippen molar-refractivity contribution in [1.29, 1.82) is 0 Å². The zero-order valence-electron chi connectivity index (χ0n) is 14.1. The molecule has 4 heteroatoms. The minimum absolute atomic E-state index is 0. The lowest BCUT2D eigenvalue weighted by atomic mass is 10.1. The zero-order chi connectivity index (χ0) is 15.6. The Hall–Kier alpha value is -0.800. The van der Waals surface area contributed by atoms with Gasteiger partial charge in [-0.25, -0.2) is 0 Å². The van der Waals surface area contributed by atoms with Crippen molar-refractivity contribution >= 4 is 18.4 Å². The summed E-state index contributed by atoms with van der Waals surface area (Å²) >= 11 is 0. The lowest BCUT2D eigenvalue weighted by molar-refractivity contribution is -0.144. The molecule has 0 aromatic heterocycles. The molecule has 0 aliphatic carbocycles. The van der Waals surface area contributed by atoms with Crippen LogP contribution in [0.1, 0.15) is 84.0 Å². The predicted octanol–water partition coefficient (Wildman–Crippen LogP) is 5.64. The van der Waals surface area contributed by atoms with Gasteiger partial charge in [-0.05, 0) is 38.5 Å². The fraction of sp³-hybridized carbons (Fsp3) is 0.722. The Kier molecular flexibility index (Phi) is 21.5. The van der Waals surface area contributed by atoms with Crippen molar-refractivity contribution in [2.75, 3.05) is 0 Å². The average molecular weight is 332 g/mol. The van der Waals surface area contributed by atoms with Gasteiger partial charge < -0.3 is 4.84 Å². The molecule has 0 rings (SSSR count). The maximum Gasteiger partial charge on any atom is 0.324 e. The summed E-state index contributed by atoms with van der Waals surface area (Å²) in [6.07, 6.45) is 22.6. The Labute approximate surface area is 142 Å². The first-order valence-electron chi connectivity index (χ1n) is 8.50. The van der Waals surface area contributed by atoms with E-state index in [1.165, 1.54) is 44.9 Å². The minimum atomic E-state index is -0.305. The molecule has 3 nitrogen and oxygen atoms in total. The van der Waals surface area contributed by atoms with Crippen LogP contribution in [0, 0.1) is 0 Å². The van der Waals surface area contributed by atoms with Crippen molar-refractivity contribution in [3.63, 3.8) is 0 Å². The number of carbonyl (C=O) groups excluding carboxylic acids is 1.